The van der Waals surface area contributed by atoms with Crippen LogP contribution in [0.15, 0.2) is 17.5 Å². The molecule has 0 spiro atoms. The number of fused-ring (bicyclic) bond motifs is 1. The molecule has 2 saturated heterocycles. The van der Waals surface area contributed by atoms with Gasteiger partial charge in [0.2, 0.25) is 0 Å². The second kappa shape index (κ2) is 7.26. The summed E-state index contributed by atoms with van der Waals surface area (Å²) in [7, 11) is 0. The van der Waals surface area contributed by atoms with Crippen molar-refractivity contribution in [3.05, 3.63) is 22.4 Å². The Balaban J connectivity index is 1.79. The van der Waals surface area contributed by atoms with Crippen molar-refractivity contribution in [2.45, 2.75) is 70.5 Å². The first-order valence-corrected chi connectivity index (χ1v) is 9.74. The standard InChI is InChI=1S/C18H30N2S/c1-3-8-17(18-10-7-12-21-18)20-14-16-9-5-6-11-19(16)13-15(20)4-2/h7,10,12,15-17H,3-6,8-9,11,13-14H2,1-2H3. The first kappa shape index (κ1) is 15.5. The van der Waals surface area contributed by atoms with Crippen molar-refractivity contribution in [1.82, 2.24) is 9.80 Å². The molecule has 0 saturated carbocycles. The third kappa shape index (κ3) is 3.35. The van der Waals surface area contributed by atoms with Gasteiger partial charge in [0, 0.05) is 36.1 Å². The zero-order chi connectivity index (χ0) is 14.7. The van der Waals surface area contributed by atoms with Crippen LogP contribution in [0.4, 0.5) is 0 Å². The van der Waals surface area contributed by atoms with E-state index >= 15 is 0 Å². The lowest BCUT2D eigenvalue weighted by atomic mass is 9.93. The molecule has 3 heteroatoms. The molecule has 0 aromatic carbocycles. The van der Waals surface area contributed by atoms with Crippen LogP contribution >= 0.6 is 11.3 Å². The second-order valence-corrected chi connectivity index (χ2v) is 7.70. The van der Waals surface area contributed by atoms with Crippen LogP contribution in [-0.2, 0) is 0 Å². The van der Waals surface area contributed by atoms with Gasteiger partial charge in [-0.3, -0.25) is 9.80 Å². The van der Waals surface area contributed by atoms with Crippen molar-refractivity contribution in [1.29, 1.82) is 0 Å². The summed E-state index contributed by atoms with van der Waals surface area (Å²) in [5, 5.41) is 2.25. The minimum atomic E-state index is 0.657. The van der Waals surface area contributed by atoms with Crippen LogP contribution in [0.3, 0.4) is 0 Å². The second-order valence-electron chi connectivity index (χ2n) is 6.72. The maximum Gasteiger partial charge on any atom is 0.0445 e. The Hall–Kier alpha value is -0.380. The molecule has 0 N–H and O–H groups in total. The molecule has 2 nitrogen and oxygen atoms in total. The average molecular weight is 307 g/mol. The van der Waals surface area contributed by atoms with Crippen LogP contribution in [-0.4, -0.2) is 41.5 Å². The molecular formula is C18H30N2S. The van der Waals surface area contributed by atoms with Gasteiger partial charge in [-0.1, -0.05) is 32.8 Å². The molecule has 2 aliphatic heterocycles. The molecule has 1 aromatic rings. The molecule has 1 aromatic heterocycles. The summed E-state index contributed by atoms with van der Waals surface area (Å²) in [6, 6.07) is 6.80. The average Bonchev–Trinajstić information content (AvgIpc) is 3.05. The molecule has 21 heavy (non-hydrogen) atoms. The fourth-order valence-corrected chi connectivity index (χ4v) is 5.13. The molecule has 2 fully saturated rings. The van der Waals surface area contributed by atoms with E-state index in [0.29, 0.717) is 6.04 Å². The highest BCUT2D eigenvalue weighted by atomic mass is 32.1. The van der Waals surface area contributed by atoms with E-state index in [-0.39, 0.29) is 0 Å². The lowest BCUT2D eigenvalue weighted by Gasteiger charge is -2.51. The summed E-state index contributed by atoms with van der Waals surface area (Å²) in [5.41, 5.74) is 0. The maximum atomic E-state index is 2.86. The van der Waals surface area contributed by atoms with Crippen LogP contribution in [0.25, 0.3) is 0 Å². The summed E-state index contributed by atoms with van der Waals surface area (Å²) in [6.45, 7) is 8.64. The van der Waals surface area contributed by atoms with Crippen LogP contribution in [0, 0.1) is 0 Å². The minimum absolute atomic E-state index is 0.657. The van der Waals surface area contributed by atoms with E-state index in [4.69, 9.17) is 0 Å². The highest BCUT2D eigenvalue weighted by Crippen LogP contribution is 2.36. The van der Waals surface area contributed by atoms with E-state index in [1.165, 1.54) is 58.2 Å². The third-order valence-electron chi connectivity index (χ3n) is 5.39. The highest BCUT2D eigenvalue weighted by molar-refractivity contribution is 7.10. The van der Waals surface area contributed by atoms with Crippen molar-refractivity contribution in [3.8, 4) is 0 Å². The van der Waals surface area contributed by atoms with Gasteiger partial charge in [-0.05, 0) is 43.7 Å². The largest absolute Gasteiger partial charge is 0.298 e. The van der Waals surface area contributed by atoms with Crippen LogP contribution in [0.1, 0.15) is 63.3 Å². The number of hydrogen-bond donors (Lipinski definition) is 0. The van der Waals surface area contributed by atoms with Gasteiger partial charge < -0.3 is 0 Å². The van der Waals surface area contributed by atoms with E-state index in [9.17, 15) is 0 Å². The van der Waals surface area contributed by atoms with Gasteiger partial charge in [0.05, 0.1) is 0 Å². The van der Waals surface area contributed by atoms with Crippen LogP contribution in [0.5, 0.6) is 0 Å². The van der Waals surface area contributed by atoms with Crippen LogP contribution < -0.4 is 0 Å². The van der Waals surface area contributed by atoms with Gasteiger partial charge >= 0.3 is 0 Å². The first-order valence-electron chi connectivity index (χ1n) is 8.86. The Labute approximate surface area is 134 Å². The summed E-state index contributed by atoms with van der Waals surface area (Å²) in [6.07, 6.45) is 8.14. The Morgan fingerprint density at radius 3 is 2.90 bits per heavy atom. The van der Waals surface area contributed by atoms with E-state index in [0.717, 1.165) is 12.1 Å². The van der Waals surface area contributed by atoms with E-state index in [2.05, 4.69) is 41.2 Å². The third-order valence-corrected chi connectivity index (χ3v) is 6.36. The Kier molecular flexibility index (Phi) is 5.36. The number of thiophene rings is 1. The zero-order valence-corrected chi connectivity index (χ0v) is 14.4. The van der Waals surface area contributed by atoms with Gasteiger partial charge in [0.1, 0.15) is 0 Å². The summed E-state index contributed by atoms with van der Waals surface area (Å²) >= 11 is 1.95. The Morgan fingerprint density at radius 1 is 1.29 bits per heavy atom. The molecule has 118 valence electrons. The molecule has 0 amide bonds. The van der Waals surface area contributed by atoms with Crippen LogP contribution in [0.2, 0.25) is 0 Å². The van der Waals surface area contributed by atoms with E-state index in [1.54, 1.807) is 4.88 Å². The lowest BCUT2D eigenvalue weighted by molar-refractivity contribution is -0.0175. The van der Waals surface area contributed by atoms with Gasteiger partial charge in [0.15, 0.2) is 0 Å². The summed E-state index contributed by atoms with van der Waals surface area (Å²) in [5.74, 6) is 0. The van der Waals surface area contributed by atoms with Crippen molar-refractivity contribution in [2.75, 3.05) is 19.6 Å². The Bertz CT molecular complexity index is 417. The van der Waals surface area contributed by atoms with E-state index < -0.39 is 0 Å². The van der Waals surface area contributed by atoms with Crippen molar-refractivity contribution >= 4 is 11.3 Å². The number of piperazine rings is 1. The SMILES string of the molecule is CCCC(c1cccs1)N1CC2CCCCN2CC1CC. The zero-order valence-electron chi connectivity index (χ0n) is 13.6. The maximum absolute atomic E-state index is 2.86. The number of rotatable bonds is 5. The molecule has 3 rings (SSSR count). The van der Waals surface area contributed by atoms with E-state index in [1.807, 2.05) is 11.3 Å². The fraction of sp³-hybridized carbons (Fsp3) is 0.778. The van der Waals surface area contributed by atoms with Gasteiger partial charge in [-0.2, -0.15) is 0 Å². The lowest BCUT2D eigenvalue weighted by Crippen LogP contribution is -2.59. The molecule has 3 heterocycles. The molecule has 0 bridgehead atoms. The van der Waals surface area contributed by atoms with Gasteiger partial charge in [0.25, 0.3) is 0 Å². The normalized spacial score (nSPS) is 29.2. The molecule has 2 aliphatic rings. The van der Waals surface area contributed by atoms with Gasteiger partial charge in [-0.25, -0.2) is 0 Å². The smallest absolute Gasteiger partial charge is 0.0445 e. The molecule has 0 radical (unpaired) electrons. The molecule has 0 aliphatic carbocycles. The molecular weight excluding hydrogens is 276 g/mol. The molecule has 3 unspecified atom stereocenters. The fourth-order valence-electron chi connectivity index (χ4n) is 4.25. The topological polar surface area (TPSA) is 6.48 Å². The first-order chi connectivity index (χ1) is 10.3. The monoisotopic (exact) mass is 306 g/mol. The number of nitrogens with zero attached hydrogens (tertiary/aromatic N) is 2. The van der Waals surface area contributed by atoms with Crippen molar-refractivity contribution in [2.24, 2.45) is 0 Å². The molecule has 3 atom stereocenters. The summed E-state index contributed by atoms with van der Waals surface area (Å²) in [4.78, 5) is 7.23. The number of hydrogen-bond acceptors (Lipinski definition) is 3. The summed E-state index contributed by atoms with van der Waals surface area (Å²) < 4.78 is 0. The van der Waals surface area contributed by atoms with Crippen molar-refractivity contribution in [3.63, 3.8) is 0 Å². The quantitative estimate of drug-likeness (QED) is 0.788. The predicted molar refractivity (Wildman–Crippen MR) is 92.0 cm³/mol. The number of piperidine rings is 1. The predicted octanol–water partition coefficient (Wildman–Crippen LogP) is 4.54. The Morgan fingerprint density at radius 2 is 2.19 bits per heavy atom. The van der Waals surface area contributed by atoms with Gasteiger partial charge in [-0.15, -0.1) is 11.3 Å². The minimum Gasteiger partial charge on any atom is -0.298 e. The van der Waals surface area contributed by atoms with Crippen molar-refractivity contribution < 1.29 is 0 Å². The highest BCUT2D eigenvalue weighted by Gasteiger charge is 2.37.